The maximum Gasteiger partial charge on any atom is 0.158 e. The lowest BCUT2D eigenvalue weighted by Gasteiger charge is -2.09. The van der Waals surface area contributed by atoms with Crippen molar-refractivity contribution in [2.45, 2.75) is 19.4 Å². The Morgan fingerprint density at radius 1 is 1.44 bits per heavy atom. The third kappa shape index (κ3) is 3.51. The molecule has 0 aliphatic rings. The molecule has 0 spiro atoms. The van der Waals surface area contributed by atoms with Crippen molar-refractivity contribution in [1.82, 2.24) is 0 Å². The Bertz CT molecular complexity index is 365. The molecule has 0 amide bonds. The summed E-state index contributed by atoms with van der Waals surface area (Å²) in [7, 11) is 1.58. The maximum atomic E-state index is 11.3. The summed E-state index contributed by atoms with van der Waals surface area (Å²) < 4.78 is 5.01. The van der Waals surface area contributed by atoms with E-state index in [0.717, 1.165) is 11.3 Å². The van der Waals surface area contributed by atoms with Gasteiger partial charge in [-0.2, -0.15) is 0 Å². The van der Waals surface area contributed by atoms with Crippen LogP contribution >= 0.6 is 0 Å². The van der Waals surface area contributed by atoms with Gasteiger partial charge in [-0.1, -0.05) is 18.2 Å². The summed E-state index contributed by atoms with van der Waals surface area (Å²) in [4.78, 5) is 11.3. The Morgan fingerprint density at radius 3 is 2.56 bits per heavy atom. The van der Waals surface area contributed by atoms with Crippen LogP contribution in [0.2, 0.25) is 0 Å². The molecule has 0 saturated heterocycles. The smallest absolute Gasteiger partial charge is 0.158 e. The van der Waals surface area contributed by atoms with Crippen molar-refractivity contribution in [2.24, 2.45) is 0 Å². The van der Waals surface area contributed by atoms with Crippen LogP contribution in [0.3, 0.4) is 0 Å². The van der Waals surface area contributed by atoms with Gasteiger partial charge in [0.05, 0.1) is 13.2 Å². The number of ether oxygens (including phenoxy) is 1. The zero-order valence-corrected chi connectivity index (χ0v) is 9.51. The predicted octanol–water partition coefficient (Wildman–Crippen LogP) is 2.26. The molecule has 1 N–H and O–H groups in total. The van der Waals surface area contributed by atoms with Crippen molar-refractivity contribution in [3.05, 3.63) is 42.0 Å². The Kier molecular flexibility index (Phi) is 4.73. The number of carbonyl (C=O) groups is 1. The molecule has 3 nitrogen and oxygen atoms in total. The van der Waals surface area contributed by atoms with Crippen molar-refractivity contribution in [2.75, 3.05) is 7.11 Å². The van der Waals surface area contributed by atoms with Gasteiger partial charge in [-0.25, -0.2) is 0 Å². The molecule has 0 aliphatic carbocycles. The van der Waals surface area contributed by atoms with Crippen molar-refractivity contribution in [3.8, 4) is 5.75 Å². The monoisotopic (exact) mass is 220 g/mol. The number of methoxy groups -OCH3 is 1. The van der Waals surface area contributed by atoms with E-state index in [4.69, 9.17) is 4.74 Å². The second-order valence-electron chi connectivity index (χ2n) is 3.46. The Labute approximate surface area is 95.4 Å². The molecule has 0 aliphatic heterocycles. The molecule has 0 saturated carbocycles. The largest absolute Gasteiger partial charge is 0.497 e. The molecule has 86 valence electrons. The molecule has 0 fully saturated rings. The topological polar surface area (TPSA) is 46.5 Å². The van der Waals surface area contributed by atoms with E-state index in [9.17, 15) is 9.90 Å². The first-order chi connectivity index (χ1) is 7.67. The number of aliphatic hydroxyl groups is 1. The number of carbonyl (C=O) groups excluding carboxylic acids is 1. The predicted molar refractivity (Wildman–Crippen MR) is 62.4 cm³/mol. The van der Waals surface area contributed by atoms with Crippen LogP contribution < -0.4 is 4.74 Å². The number of hydrogen-bond donors (Lipinski definition) is 1. The van der Waals surface area contributed by atoms with Crippen LogP contribution in [0.1, 0.15) is 25.0 Å². The third-order valence-corrected chi connectivity index (χ3v) is 2.25. The minimum absolute atomic E-state index is 0.0779. The number of rotatable bonds is 5. The lowest BCUT2D eigenvalue weighted by molar-refractivity contribution is -0.116. The summed E-state index contributed by atoms with van der Waals surface area (Å²) in [6.07, 6.45) is 2.49. The van der Waals surface area contributed by atoms with Crippen molar-refractivity contribution in [3.63, 3.8) is 0 Å². The highest BCUT2D eigenvalue weighted by Crippen LogP contribution is 2.20. The highest BCUT2D eigenvalue weighted by Gasteiger charge is 2.10. The Balaban J connectivity index is 2.65. The fraction of sp³-hybridized carbons (Fsp3) is 0.308. The normalized spacial score (nSPS) is 12.7. The first-order valence-electron chi connectivity index (χ1n) is 5.15. The average Bonchev–Trinajstić information content (AvgIpc) is 2.29. The fourth-order valence-electron chi connectivity index (χ4n) is 1.39. The second kappa shape index (κ2) is 6.08. The van der Waals surface area contributed by atoms with Crippen molar-refractivity contribution in [1.29, 1.82) is 0 Å². The summed E-state index contributed by atoms with van der Waals surface area (Å²) in [5.41, 5.74) is 0.721. The zero-order valence-electron chi connectivity index (χ0n) is 9.51. The van der Waals surface area contributed by atoms with Gasteiger partial charge in [-0.15, -0.1) is 0 Å². The third-order valence-electron chi connectivity index (χ3n) is 2.25. The van der Waals surface area contributed by atoms with Crippen molar-refractivity contribution < 1.29 is 14.6 Å². The lowest BCUT2D eigenvalue weighted by atomic mass is 10.0. The van der Waals surface area contributed by atoms with Crippen LogP contribution in [0.5, 0.6) is 5.75 Å². The van der Waals surface area contributed by atoms with Crippen molar-refractivity contribution >= 4 is 5.78 Å². The van der Waals surface area contributed by atoms with Crippen LogP contribution in [-0.2, 0) is 4.79 Å². The van der Waals surface area contributed by atoms with Gasteiger partial charge in [-0.3, -0.25) is 4.79 Å². The number of hydrogen-bond acceptors (Lipinski definition) is 3. The molecule has 1 rings (SSSR count). The van der Waals surface area contributed by atoms with E-state index in [0.29, 0.717) is 0 Å². The Hall–Kier alpha value is -1.61. The molecule has 1 aromatic rings. The summed E-state index contributed by atoms with van der Waals surface area (Å²) >= 11 is 0. The molecule has 3 heteroatoms. The van der Waals surface area contributed by atoms with Gasteiger partial charge in [0.15, 0.2) is 5.78 Å². The highest BCUT2D eigenvalue weighted by atomic mass is 16.5. The van der Waals surface area contributed by atoms with Gasteiger partial charge in [0.1, 0.15) is 5.75 Å². The molecule has 0 aromatic heterocycles. The second-order valence-corrected chi connectivity index (χ2v) is 3.46. The number of allylic oxidation sites excluding steroid dienone is 2. The van der Waals surface area contributed by atoms with Gasteiger partial charge in [-0.05, 0) is 30.7 Å². The molecular weight excluding hydrogens is 204 g/mol. The first kappa shape index (κ1) is 12.5. The standard InChI is InChI=1S/C13H16O3/c1-3-4-11(14)9-13(15)10-5-7-12(16-2)8-6-10/h3-8,13,15H,9H2,1-2H3. The van der Waals surface area contributed by atoms with Gasteiger partial charge in [0, 0.05) is 6.42 Å². The average molecular weight is 220 g/mol. The molecular formula is C13H16O3. The molecule has 1 aromatic carbocycles. The van der Waals surface area contributed by atoms with Crippen LogP contribution in [0.25, 0.3) is 0 Å². The Morgan fingerprint density at radius 2 is 2.06 bits per heavy atom. The van der Waals surface area contributed by atoms with E-state index >= 15 is 0 Å². The summed E-state index contributed by atoms with van der Waals surface area (Å²) in [6.45, 7) is 1.78. The number of ketones is 1. The number of benzene rings is 1. The summed E-state index contributed by atoms with van der Waals surface area (Å²) in [5.74, 6) is 0.654. The molecule has 0 radical (unpaired) electrons. The zero-order chi connectivity index (χ0) is 12.0. The van der Waals surface area contributed by atoms with Crippen LogP contribution in [-0.4, -0.2) is 18.0 Å². The van der Waals surface area contributed by atoms with E-state index in [1.165, 1.54) is 6.08 Å². The molecule has 0 heterocycles. The van der Waals surface area contributed by atoms with E-state index in [-0.39, 0.29) is 12.2 Å². The lowest BCUT2D eigenvalue weighted by Crippen LogP contribution is -2.04. The van der Waals surface area contributed by atoms with Gasteiger partial charge < -0.3 is 9.84 Å². The van der Waals surface area contributed by atoms with Gasteiger partial charge >= 0.3 is 0 Å². The maximum absolute atomic E-state index is 11.3. The van der Waals surface area contributed by atoms with Crippen LogP contribution in [0.15, 0.2) is 36.4 Å². The molecule has 1 atom stereocenters. The SMILES string of the molecule is CC=CC(=O)CC(O)c1ccc(OC)cc1. The van der Waals surface area contributed by atoms with Crippen LogP contribution in [0, 0.1) is 0 Å². The fourth-order valence-corrected chi connectivity index (χ4v) is 1.39. The molecule has 16 heavy (non-hydrogen) atoms. The minimum atomic E-state index is -0.755. The van der Waals surface area contributed by atoms with Gasteiger partial charge in [0.25, 0.3) is 0 Å². The van der Waals surface area contributed by atoms with E-state index in [2.05, 4.69) is 0 Å². The summed E-state index contributed by atoms with van der Waals surface area (Å²) in [6, 6.07) is 7.04. The quantitative estimate of drug-likeness (QED) is 0.774. The highest BCUT2D eigenvalue weighted by molar-refractivity contribution is 5.89. The molecule has 0 bridgehead atoms. The minimum Gasteiger partial charge on any atom is -0.497 e. The van der Waals surface area contributed by atoms with Gasteiger partial charge in [0.2, 0.25) is 0 Å². The molecule has 1 unspecified atom stereocenters. The van der Waals surface area contributed by atoms with E-state index < -0.39 is 6.10 Å². The van der Waals surface area contributed by atoms with E-state index in [1.54, 1.807) is 44.4 Å². The first-order valence-corrected chi connectivity index (χ1v) is 5.15. The van der Waals surface area contributed by atoms with Crippen LogP contribution in [0.4, 0.5) is 0 Å². The summed E-state index contributed by atoms with van der Waals surface area (Å²) in [5, 5.41) is 9.79. The number of aliphatic hydroxyl groups excluding tert-OH is 1. The van der Waals surface area contributed by atoms with E-state index in [1.807, 2.05) is 0 Å².